The van der Waals surface area contributed by atoms with E-state index in [1.807, 2.05) is 0 Å². The van der Waals surface area contributed by atoms with Gasteiger partial charge in [0.2, 0.25) is 6.54 Å². The van der Waals surface area contributed by atoms with Crippen LogP contribution in [0.15, 0.2) is 0 Å². The summed E-state index contributed by atoms with van der Waals surface area (Å²) in [6.45, 7) is 1.44. The molecule has 0 bridgehead atoms. The molecule has 3 atom stereocenters. The molecule has 0 aromatic carbocycles. The predicted molar refractivity (Wildman–Crippen MR) is 49.9 cm³/mol. The lowest BCUT2D eigenvalue weighted by atomic mass is 9.88. The third-order valence-corrected chi connectivity index (χ3v) is 2.94. The first-order valence-corrected chi connectivity index (χ1v) is 4.78. The standard InChI is InChI=1S/C9H13NO5/c1-5-2-8(11)6(3-9(12)13)7(5)4-10(14)15/h5-7H,2-4H2,1H3,(H,12,13)/t5-,6+,7-/m0/s1. The number of nitrogens with zero attached hydrogens (tertiary/aromatic N) is 1. The maximum Gasteiger partial charge on any atom is 0.304 e. The normalized spacial score (nSPS) is 30.5. The molecule has 84 valence electrons. The van der Waals surface area contributed by atoms with Crippen LogP contribution in [0.4, 0.5) is 0 Å². The SMILES string of the molecule is C[C@H]1CC(=O)[C@H](CC(=O)O)[C@H]1C[N+](=O)[O-]. The van der Waals surface area contributed by atoms with Gasteiger partial charge in [0.05, 0.1) is 6.42 Å². The Morgan fingerprint density at radius 1 is 1.67 bits per heavy atom. The van der Waals surface area contributed by atoms with Crippen LogP contribution in [-0.4, -0.2) is 28.3 Å². The van der Waals surface area contributed by atoms with Crippen molar-refractivity contribution in [2.75, 3.05) is 6.54 Å². The lowest BCUT2D eigenvalue weighted by Gasteiger charge is -2.15. The number of nitro groups is 1. The number of hydrogen-bond acceptors (Lipinski definition) is 4. The van der Waals surface area contributed by atoms with E-state index in [1.54, 1.807) is 6.92 Å². The molecule has 0 amide bonds. The fraction of sp³-hybridized carbons (Fsp3) is 0.778. The highest BCUT2D eigenvalue weighted by molar-refractivity contribution is 5.87. The Hall–Kier alpha value is -1.46. The highest BCUT2D eigenvalue weighted by Crippen LogP contribution is 2.36. The van der Waals surface area contributed by atoms with Gasteiger partial charge in [-0.05, 0) is 5.92 Å². The summed E-state index contributed by atoms with van der Waals surface area (Å²) < 4.78 is 0. The predicted octanol–water partition coefficient (Wildman–Crippen LogP) is 0.579. The fourth-order valence-corrected chi connectivity index (χ4v) is 2.19. The van der Waals surface area contributed by atoms with Crippen molar-refractivity contribution in [1.29, 1.82) is 0 Å². The molecule has 1 saturated carbocycles. The lowest BCUT2D eigenvalue weighted by molar-refractivity contribution is -0.490. The van der Waals surface area contributed by atoms with Crippen molar-refractivity contribution in [1.82, 2.24) is 0 Å². The molecule has 1 aliphatic carbocycles. The molecule has 0 aromatic heterocycles. The Kier molecular flexibility index (Phi) is 3.39. The molecule has 1 N–H and O–H groups in total. The van der Waals surface area contributed by atoms with Gasteiger partial charge < -0.3 is 5.11 Å². The van der Waals surface area contributed by atoms with Crippen molar-refractivity contribution >= 4 is 11.8 Å². The molecular formula is C9H13NO5. The molecule has 1 fully saturated rings. The highest BCUT2D eigenvalue weighted by Gasteiger charge is 2.43. The van der Waals surface area contributed by atoms with E-state index < -0.39 is 22.7 Å². The number of Topliss-reactive ketones (excluding diaryl/α,β-unsaturated/α-hetero) is 1. The van der Waals surface area contributed by atoms with Gasteiger partial charge in [-0.2, -0.15) is 0 Å². The van der Waals surface area contributed by atoms with E-state index >= 15 is 0 Å². The van der Waals surface area contributed by atoms with Gasteiger partial charge in [0.25, 0.3) is 0 Å². The number of rotatable bonds is 4. The van der Waals surface area contributed by atoms with Crippen LogP contribution < -0.4 is 0 Å². The van der Waals surface area contributed by atoms with E-state index in [9.17, 15) is 19.7 Å². The van der Waals surface area contributed by atoms with Crippen molar-refractivity contribution in [2.45, 2.75) is 19.8 Å². The Labute approximate surface area is 86.4 Å². The zero-order valence-electron chi connectivity index (χ0n) is 8.38. The van der Waals surface area contributed by atoms with E-state index in [0.29, 0.717) is 0 Å². The largest absolute Gasteiger partial charge is 0.481 e. The van der Waals surface area contributed by atoms with Crippen LogP contribution in [0.25, 0.3) is 0 Å². The first-order chi connectivity index (χ1) is 6.91. The van der Waals surface area contributed by atoms with E-state index in [1.165, 1.54) is 0 Å². The van der Waals surface area contributed by atoms with Gasteiger partial charge in [-0.15, -0.1) is 0 Å². The van der Waals surface area contributed by atoms with Crippen LogP contribution in [0.5, 0.6) is 0 Å². The van der Waals surface area contributed by atoms with Crippen LogP contribution in [0.3, 0.4) is 0 Å². The molecule has 0 aliphatic heterocycles. The number of carbonyl (C=O) groups is 2. The molecule has 0 radical (unpaired) electrons. The zero-order valence-corrected chi connectivity index (χ0v) is 8.38. The maximum atomic E-state index is 11.4. The van der Waals surface area contributed by atoms with E-state index in [-0.39, 0.29) is 31.1 Å². The van der Waals surface area contributed by atoms with Crippen LogP contribution in [-0.2, 0) is 9.59 Å². The first-order valence-electron chi connectivity index (χ1n) is 4.78. The van der Waals surface area contributed by atoms with Gasteiger partial charge in [-0.1, -0.05) is 6.92 Å². The molecule has 1 rings (SSSR count). The van der Waals surface area contributed by atoms with Gasteiger partial charge in [0.15, 0.2) is 0 Å². The number of hydrogen-bond donors (Lipinski definition) is 1. The molecule has 1 aliphatic rings. The van der Waals surface area contributed by atoms with E-state index in [0.717, 1.165) is 0 Å². The molecule has 0 saturated heterocycles. The average Bonchev–Trinajstić information content (AvgIpc) is 2.30. The van der Waals surface area contributed by atoms with E-state index in [4.69, 9.17) is 5.11 Å². The Balaban J connectivity index is 2.75. The Morgan fingerprint density at radius 3 is 2.73 bits per heavy atom. The molecule has 0 aromatic rings. The zero-order chi connectivity index (χ0) is 11.6. The minimum Gasteiger partial charge on any atom is -0.481 e. The van der Waals surface area contributed by atoms with Crippen molar-refractivity contribution in [3.8, 4) is 0 Å². The molecule has 0 heterocycles. The minimum absolute atomic E-state index is 0.0905. The number of carboxylic acid groups (broad SMARTS) is 1. The summed E-state index contributed by atoms with van der Waals surface area (Å²) in [6.07, 6.45) is -0.0296. The van der Waals surface area contributed by atoms with Crippen molar-refractivity contribution < 1.29 is 19.6 Å². The average molecular weight is 215 g/mol. The fourth-order valence-electron chi connectivity index (χ4n) is 2.19. The van der Waals surface area contributed by atoms with Gasteiger partial charge in [-0.25, -0.2) is 0 Å². The molecule has 6 nitrogen and oxygen atoms in total. The van der Waals surface area contributed by atoms with Gasteiger partial charge in [0.1, 0.15) is 5.78 Å². The van der Waals surface area contributed by atoms with Crippen LogP contribution in [0, 0.1) is 27.9 Å². The highest BCUT2D eigenvalue weighted by atomic mass is 16.6. The third-order valence-electron chi connectivity index (χ3n) is 2.94. The number of ketones is 1. The summed E-state index contributed by atoms with van der Waals surface area (Å²) in [6, 6.07) is 0. The van der Waals surface area contributed by atoms with Crippen LogP contribution in [0.1, 0.15) is 19.8 Å². The molecule has 0 spiro atoms. The quantitative estimate of drug-likeness (QED) is 0.546. The van der Waals surface area contributed by atoms with Gasteiger partial charge in [0, 0.05) is 23.2 Å². The van der Waals surface area contributed by atoms with E-state index in [2.05, 4.69) is 0 Å². The minimum atomic E-state index is -1.07. The molecular weight excluding hydrogens is 202 g/mol. The molecule has 0 unspecified atom stereocenters. The Bertz CT molecular complexity index is 301. The summed E-state index contributed by atoms with van der Waals surface area (Å²) in [4.78, 5) is 31.9. The number of aliphatic carboxylic acids is 1. The smallest absolute Gasteiger partial charge is 0.304 e. The monoisotopic (exact) mass is 215 g/mol. The summed E-state index contributed by atoms with van der Waals surface area (Å²) in [5.41, 5.74) is 0. The molecule has 15 heavy (non-hydrogen) atoms. The summed E-state index contributed by atoms with van der Waals surface area (Å²) in [7, 11) is 0. The first kappa shape index (κ1) is 11.6. The van der Waals surface area contributed by atoms with Gasteiger partial charge in [-0.3, -0.25) is 19.7 Å². The topological polar surface area (TPSA) is 97.5 Å². The second-order valence-corrected chi connectivity index (χ2v) is 4.03. The second kappa shape index (κ2) is 4.37. The number of carboxylic acids is 1. The van der Waals surface area contributed by atoms with Crippen molar-refractivity contribution in [3.63, 3.8) is 0 Å². The second-order valence-electron chi connectivity index (χ2n) is 4.03. The lowest BCUT2D eigenvalue weighted by Crippen LogP contribution is -2.26. The Morgan fingerprint density at radius 2 is 2.27 bits per heavy atom. The molecule has 6 heteroatoms. The maximum absolute atomic E-state index is 11.4. The van der Waals surface area contributed by atoms with Crippen molar-refractivity contribution in [3.05, 3.63) is 10.1 Å². The van der Waals surface area contributed by atoms with Crippen LogP contribution in [0.2, 0.25) is 0 Å². The van der Waals surface area contributed by atoms with Crippen molar-refractivity contribution in [2.24, 2.45) is 17.8 Å². The van der Waals surface area contributed by atoms with Crippen LogP contribution >= 0.6 is 0 Å². The summed E-state index contributed by atoms with van der Waals surface area (Å²) in [5, 5.41) is 19.0. The van der Waals surface area contributed by atoms with Gasteiger partial charge >= 0.3 is 5.97 Å². The summed E-state index contributed by atoms with van der Waals surface area (Å²) in [5.74, 6) is -2.42. The summed E-state index contributed by atoms with van der Waals surface area (Å²) >= 11 is 0. The number of carbonyl (C=O) groups excluding carboxylic acids is 1. The third kappa shape index (κ3) is 2.74.